The second-order valence-electron chi connectivity index (χ2n) is 8.46. The third kappa shape index (κ3) is 8.01. The van der Waals surface area contributed by atoms with Gasteiger partial charge in [0, 0.05) is 0 Å². The molecular formula is C26H50. The van der Waals surface area contributed by atoms with Gasteiger partial charge < -0.3 is 0 Å². The summed E-state index contributed by atoms with van der Waals surface area (Å²) in [5.41, 5.74) is 2.09. The van der Waals surface area contributed by atoms with Crippen LogP contribution in [0.4, 0.5) is 0 Å². The maximum absolute atomic E-state index is 2.66. The van der Waals surface area contributed by atoms with Crippen LogP contribution in [0.25, 0.3) is 0 Å². The summed E-state index contributed by atoms with van der Waals surface area (Å²) in [6.45, 7) is 19.0. The van der Waals surface area contributed by atoms with Crippen LogP contribution < -0.4 is 0 Å². The Morgan fingerprint density at radius 1 is 0.885 bits per heavy atom. The van der Waals surface area contributed by atoms with Crippen molar-refractivity contribution in [3.05, 3.63) is 23.8 Å². The van der Waals surface area contributed by atoms with E-state index in [1.54, 1.807) is 5.57 Å². The minimum atomic E-state index is 0.377. The topological polar surface area (TPSA) is 0 Å². The Balaban J connectivity index is 5.58. The molecule has 0 heterocycles. The van der Waals surface area contributed by atoms with E-state index < -0.39 is 0 Å². The van der Waals surface area contributed by atoms with Crippen molar-refractivity contribution < 1.29 is 0 Å². The zero-order valence-electron chi connectivity index (χ0n) is 19.5. The van der Waals surface area contributed by atoms with Gasteiger partial charge in [-0.1, -0.05) is 98.5 Å². The van der Waals surface area contributed by atoms with Crippen LogP contribution in [0.5, 0.6) is 0 Å². The molecule has 0 aliphatic rings. The second kappa shape index (κ2) is 14.5. The lowest BCUT2D eigenvalue weighted by Crippen LogP contribution is -2.30. The van der Waals surface area contributed by atoms with Crippen LogP contribution >= 0.6 is 0 Å². The Hall–Kier alpha value is -0.520. The van der Waals surface area contributed by atoms with E-state index in [4.69, 9.17) is 0 Å². The maximum atomic E-state index is 2.66. The molecule has 4 unspecified atom stereocenters. The van der Waals surface area contributed by atoms with Crippen LogP contribution in [0, 0.1) is 23.2 Å². The molecule has 0 aliphatic heterocycles. The van der Waals surface area contributed by atoms with Crippen molar-refractivity contribution in [1.82, 2.24) is 0 Å². The Bertz CT molecular complexity index is 389. The molecule has 0 saturated heterocycles. The summed E-state index contributed by atoms with van der Waals surface area (Å²) < 4.78 is 0. The quantitative estimate of drug-likeness (QED) is 0.254. The lowest BCUT2D eigenvalue weighted by molar-refractivity contribution is 0.165. The molecule has 0 heteroatoms. The van der Waals surface area contributed by atoms with Crippen molar-refractivity contribution in [3.8, 4) is 0 Å². The molecule has 26 heavy (non-hydrogen) atoms. The van der Waals surface area contributed by atoms with Crippen LogP contribution in [-0.4, -0.2) is 0 Å². The first-order valence-electron chi connectivity index (χ1n) is 11.9. The predicted molar refractivity (Wildman–Crippen MR) is 122 cm³/mol. The minimum absolute atomic E-state index is 0.377. The fourth-order valence-electron chi connectivity index (χ4n) is 5.09. The lowest BCUT2D eigenvalue weighted by atomic mass is 9.65. The molecule has 0 aromatic carbocycles. The van der Waals surface area contributed by atoms with Crippen molar-refractivity contribution >= 4 is 0 Å². The summed E-state index contributed by atoms with van der Waals surface area (Å²) in [5.74, 6) is 2.29. The van der Waals surface area contributed by atoms with Gasteiger partial charge in [0.2, 0.25) is 0 Å². The SMILES string of the molecule is CC/C=C/C(CC)(CC(C)/C=C(\CC)C(CC)CCC)C(CC)CCC. The molecule has 0 nitrogen and oxygen atoms in total. The summed E-state index contributed by atoms with van der Waals surface area (Å²) >= 11 is 0. The molecule has 0 aliphatic carbocycles. The average molecular weight is 363 g/mol. The predicted octanol–water partition coefficient (Wildman–Crippen LogP) is 9.36. The first-order chi connectivity index (χ1) is 12.5. The minimum Gasteiger partial charge on any atom is -0.0882 e. The van der Waals surface area contributed by atoms with Crippen molar-refractivity contribution in [1.29, 1.82) is 0 Å². The van der Waals surface area contributed by atoms with Crippen LogP contribution in [0.1, 0.15) is 120 Å². The van der Waals surface area contributed by atoms with Crippen molar-refractivity contribution in [2.24, 2.45) is 23.2 Å². The number of hydrogen-bond acceptors (Lipinski definition) is 0. The van der Waals surface area contributed by atoms with E-state index >= 15 is 0 Å². The first kappa shape index (κ1) is 25.5. The molecule has 0 amide bonds. The van der Waals surface area contributed by atoms with Gasteiger partial charge in [-0.2, -0.15) is 0 Å². The standard InChI is InChI=1S/C26H50/c1-9-16-19-26(15-7,25(14-6)18-11-3)21-22(8)20-24(13-5)23(12-4)17-10-2/h16,19-20,22-23,25H,9-15,17-18,21H2,1-8H3/b19-16+,24-20+. The largest absolute Gasteiger partial charge is 0.0882 e. The number of allylic oxidation sites excluding steroid dienone is 4. The molecule has 0 radical (unpaired) electrons. The van der Waals surface area contributed by atoms with Gasteiger partial charge in [0.05, 0.1) is 0 Å². The zero-order chi connectivity index (χ0) is 20.0. The highest BCUT2D eigenvalue weighted by atomic mass is 14.4. The van der Waals surface area contributed by atoms with Crippen molar-refractivity contribution in [3.63, 3.8) is 0 Å². The molecule has 0 aromatic heterocycles. The number of hydrogen-bond donors (Lipinski definition) is 0. The van der Waals surface area contributed by atoms with Crippen LogP contribution in [0.15, 0.2) is 23.8 Å². The third-order valence-corrected chi connectivity index (χ3v) is 6.55. The highest BCUT2D eigenvalue weighted by Gasteiger charge is 2.34. The zero-order valence-corrected chi connectivity index (χ0v) is 19.5. The molecular weight excluding hydrogens is 312 g/mol. The van der Waals surface area contributed by atoms with Gasteiger partial charge in [0.1, 0.15) is 0 Å². The van der Waals surface area contributed by atoms with E-state index in [0.29, 0.717) is 11.3 Å². The van der Waals surface area contributed by atoms with Crippen molar-refractivity contribution in [2.45, 2.75) is 120 Å². The van der Waals surface area contributed by atoms with E-state index in [2.05, 4.69) is 73.6 Å². The smallest absolute Gasteiger partial charge is 0.00872 e. The molecule has 0 spiro atoms. The molecule has 4 atom stereocenters. The van der Waals surface area contributed by atoms with E-state index in [9.17, 15) is 0 Å². The van der Waals surface area contributed by atoms with Gasteiger partial charge in [-0.3, -0.25) is 0 Å². The first-order valence-corrected chi connectivity index (χ1v) is 11.9. The Kier molecular flexibility index (Phi) is 14.2. The van der Waals surface area contributed by atoms with E-state index in [-0.39, 0.29) is 0 Å². The van der Waals surface area contributed by atoms with Crippen LogP contribution in [0.3, 0.4) is 0 Å². The summed E-state index contributed by atoms with van der Waals surface area (Å²) in [4.78, 5) is 0. The summed E-state index contributed by atoms with van der Waals surface area (Å²) in [5, 5.41) is 0. The van der Waals surface area contributed by atoms with E-state index in [0.717, 1.165) is 18.3 Å². The van der Waals surface area contributed by atoms with Gasteiger partial charge in [-0.25, -0.2) is 0 Å². The molecule has 0 aromatic rings. The van der Waals surface area contributed by atoms with E-state index in [1.165, 1.54) is 57.8 Å². The highest BCUT2D eigenvalue weighted by molar-refractivity contribution is 5.11. The monoisotopic (exact) mass is 362 g/mol. The van der Waals surface area contributed by atoms with Gasteiger partial charge >= 0.3 is 0 Å². The van der Waals surface area contributed by atoms with Gasteiger partial charge in [0.15, 0.2) is 0 Å². The van der Waals surface area contributed by atoms with Crippen molar-refractivity contribution in [2.75, 3.05) is 0 Å². The molecule has 0 bridgehead atoms. The fraction of sp³-hybridized carbons (Fsp3) is 0.846. The van der Waals surface area contributed by atoms with Crippen LogP contribution in [-0.2, 0) is 0 Å². The molecule has 0 N–H and O–H groups in total. The Labute approximate surface area is 166 Å². The van der Waals surface area contributed by atoms with Gasteiger partial charge in [-0.05, 0) is 68.1 Å². The fourth-order valence-corrected chi connectivity index (χ4v) is 5.09. The summed E-state index contributed by atoms with van der Waals surface area (Å²) in [6.07, 6.45) is 20.6. The second-order valence-corrected chi connectivity index (χ2v) is 8.46. The molecule has 0 saturated carbocycles. The third-order valence-electron chi connectivity index (χ3n) is 6.55. The Morgan fingerprint density at radius 2 is 1.54 bits per heavy atom. The lowest BCUT2D eigenvalue weighted by Gasteiger charge is -2.40. The van der Waals surface area contributed by atoms with Gasteiger partial charge in [0.25, 0.3) is 0 Å². The molecule has 0 fully saturated rings. The number of rotatable bonds is 15. The normalized spacial score (nSPS) is 18.7. The molecule has 154 valence electrons. The maximum Gasteiger partial charge on any atom is -0.00872 e. The van der Waals surface area contributed by atoms with Gasteiger partial charge in [-0.15, -0.1) is 0 Å². The average Bonchev–Trinajstić information content (AvgIpc) is 2.65. The van der Waals surface area contributed by atoms with Crippen LogP contribution in [0.2, 0.25) is 0 Å². The molecule has 0 rings (SSSR count). The summed E-state index contributed by atoms with van der Waals surface area (Å²) in [6, 6.07) is 0. The highest BCUT2D eigenvalue weighted by Crippen LogP contribution is 2.44. The summed E-state index contributed by atoms with van der Waals surface area (Å²) in [7, 11) is 0. The van der Waals surface area contributed by atoms with E-state index in [1.807, 2.05) is 0 Å². The Morgan fingerprint density at radius 3 is 1.96 bits per heavy atom.